The largest absolute Gasteiger partial charge is 0.397 e. The third-order valence-corrected chi connectivity index (χ3v) is 4.39. The molecule has 1 heterocycles. The van der Waals surface area contributed by atoms with Gasteiger partial charge in [-0.15, -0.1) is 0 Å². The quantitative estimate of drug-likeness (QED) is 0.837. The van der Waals surface area contributed by atoms with Crippen LogP contribution in [-0.4, -0.2) is 17.4 Å². The Morgan fingerprint density at radius 2 is 2.17 bits per heavy atom. The van der Waals surface area contributed by atoms with Crippen LogP contribution in [0.15, 0.2) is 18.2 Å². The first kappa shape index (κ1) is 13.6. The smallest absolute Gasteiger partial charge is 0.224 e. The lowest BCUT2D eigenvalue weighted by molar-refractivity contribution is -0.117. The Morgan fingerprint density at radius 1 is 1.44 bits per heavy atom. The highest BCUT2D eigenvalue weighted by Crippen LogP contribution is 2.27. The van der Waals surface area contributed by atoms with E-state index in [1.54, 1.807) is 18.2 Å². The number of hydrogen-bond donors (Lipinski definition) is 2. The normalized spacial score (nSPS) is 16.5. The van der Waals surface area contributed by atoms with Crippen LogP contribution in [-0.2, 0) is 4.79 Å². The zero-order valence-corrected chi connectivity index (χ0v) is 11.7. The van der Waals surface area contributed by atoms with Crippen molar-refractivity contribution in [3.63, 3.8) is 0 Å². The highest BCUT2D eigenvalue weighted by atomic mass is 35.5. The number of amides is 1. The van der Waals surface area contributed by atoms with Gasteiger partial charge in [-0.3, -0.25) is 4.79 Å². The van der Waals surface area contributed by atoms with Crippen molar-refractivity contribution in [3.05, 3.63) is 23.2 Å². The van der Waals surface area contributed by atoms with Gasteiger partial charge in [0.2, 0.25) is 5.91 Å². The van der Waals surface area contributed by atoms with Crippen molar-refractivity contribution in [2.24, 2.45) is 5.92 Å². The first-order valence-corrected chi connectivity index (χ1v) is 7.61. The number of nitrogens with two attached hydrogens (primary N) is 1. The predicted molar refractivity (Wildman–Crippen MR) is 79.2 cm³/mol. The van der Waals surface area contributed by atoms with Crippen LogP contribution in [0.3, 0.4) is 0 Å². The minimum absolute atomic E-state index is 0.0286. The van der Waals surface area contributed by atoms with Crippen molar-refractivity contribution >= 4 is 40.6 Å². The molecule has 1 amide bonds. The van der Waals surface area contributed by atoms with E-state index < -0.39 is 0 Å². The lowest BCUT2D eigenvalue weighted by Crippen LogP contribution is -2.20. The summed E-state index contributed by atoms with van der Waals surface area (Å²) in [6.07, 6.45) is 2.83. The van der Waals surface area contributed by atoms with Gasteiger partial charge in [-0.25, -0.2) is 0 Å². The van der Waals surface area contributed by atoms with E-state index in [-0.39, 0.29) is 5.91 Å². The van der Waals surface area contributed by atoms with Gasteiger partial charge in [-0.05, 0) is 48.5 Å². The maximum atomic E-state index is 11.9. The molecular weight excluding hydrogens is 268 g/mol. The molecule has 1 aromatic carbocycles. The molecule has 1 aromatic rings. The van der Waals surface area contributed by atoms with Crippen LogP contribution >= 0.6 is 23.4 Å². The Hall–Kier alpha value is -0.870. The minimum atomic E-state index is 0.0286. The Balaban J connectivity index is 1.92. The lowest BCUT2D eigenvalue weighted by Gasteiger charge is -2.20. The van der Waals surface area contributed by atoms with Crippen molar-refractivity contribution in [3.8, 4) is 0 Å². The Bertz CT molecular complexity index is 433. The molecule has 0 atom stereocenters. The summed E-state index contributed by atoms with van der Waals surface area (Å²) in [7, 11) is 0. The second kappa shape index (κ2) is 6.34. The van der Waals surface area contributed by atoms with E-state index in [0.717, 1.165) is 24.3 Å². The fourth-order valence-electron chi connectivity index (χ4n) is 2.05. The Kier molecular flexibility index (Phi) is 4.78. The average molecular weight is 285 g/mol. The number of thioether (sulfide) groups is 1. The van der Waals surface area contributed by atoms with E-state index in [2.05, 4.69) is 5.32 Å². The number of carbonyl (C=O) groups excluding carboxylic acids is 1. The number of rotatable bonds is 3. The van der Waals surface area contributed by atoms with E-state index >= 15 is 0 Å². The molecule has 1 aliphatic rings. The Labute approximate surface area is 116 Å². The van der Waals surface area contributed by atoms with Crippen LogP contribution < -0.4 is 11.1 Å². The number of anilines is 2. The van der Waals surface area contributed by atoms with Gasteiger partial charge < -0.3 is 11.1 Å². The number of nitrogen functional groups attached to an aromatic ring is 1. The Morgan fingerprint density at radius 3 is 2.89 bits per heavy atom. The first-order valence-electron chi connectivity index (χ1n) is 6.08. The van der Waals surface area contributed by atoms with E-state index in [9.17, 15) is 4.79 Å². The van der Waals surface area contributed by atoms with Crippen LogP contribution in [0.4, 0.5) is 11.4 Å². The summed E-state index contributed by atoms with van der Waals surface area (Å²) in [5.41, 5.74) is 6.95. The van der Waals surface area contributed by atoms with Crippen LogP contribution in [0.25, 0.3) is 0 Å². The van der Waals surface area contributed by atoms with Crippen molar-refractivity contribution in [1.29, 1.82) is 0 Å². The van der Waals surface area contributed by atoms with Crippen molar-refractivity contribution in [1.82, 2.24) is 0 Å². The monoisotopic (exact) mass is 284 g/mol. The first-order chi connectivity index (χ1) is 8.65. The number of hydrogen-bond acceptors (Lipinski definition) is 3. The van der Waals surface area contributed by atoms with Crippen molar-refractivity contribution in [2.75, 3.05) is 22.6 Å². The molecule has 1 fully saturated rings. The van der Waals surface area contributed by atoms with Gasteiger partial charge in [-0.1, -0.05) is 11.6 Å². The van der Waals surface area contributed by atoms with Crippen LogP contribution in [0.2, 0.25) is 5.02 Å². The number of benzene rings is 1. The highest BCUT2D eigenvalue weighted by molar-refractivity contribution is 7.99. The van der Waals surface area contributed by atoms with E-state index in [4.69, 9.17) is 17.3 Å². The topological polar surface area (TPSA) is 55.1 Å². The molecule has 0 saturated carbocycles. The van der Waals surface area contributed by atoms with Crippen LogP contribution in [0, 0.1) is 5.92 Å². The molecule has 0 aromatic heterocycles. The van der Waals surface area contributed by atoms with E-state index in [0.29, 0.717) is 28.7 Å². The second-order valence-corrected chi connectivity index (χ2v) is 6.20. The zero-order chi connectivity index (χ0) is 13.0. The fraction of sp³-hybridized carbons (Fsp3) is 0.462. The van der Waals surface area contributed by atoms with Gasteiger partial charge in [0.05, 0.1) is 11.4 Å². The third kappa shape index (κ3) is 3.82. The summed E-state index contributed by atoms with van der Waals surface area (Å²) < 4.78 is 0. The van der Waals surface area contributed by atoms with Gasteiger partial charge in [0.1, 0.15) is 0 Å². The summed E-state index contributed by atoms with van der Waals surface area (Å²) in [6.45, 7) is 0. The van der Waals surface area contributed by atoms with Crippen molar-refractivity contribution in [2.45, 2.75) is 19.3 Å². The summed E-state index contributed by atoms with van der Waals surface area (Å²) in [5.74, 6) is 2.86. The van der Waals surface area contributed by atoms with Gasteiger partial charge >= 0.3 is 0 Å². The molecule has 0 aliphatic carbocycles. The molecule has 0 bridgehead atoms. The van der Waals surface area contributed by atoms with Gasteiger partial charge in [0.25, 0.3) is 0 Å². The van der Waals surface area contributed by atoms with Crippen LogP contribution in [0.5, 0.6) is 0 Å². The molecule has 1 saturated heterocycles. The number of nitrogens with one attached hydrogen (secondary N) is 1. The molecule has 1 aliphatic heterocycles. The molecule has 0 radical (unpaired) electrons. The lowest BCUT2D eigenvalue weighted by atomic mass is 9.98. The number of carbonyl (C=O) groups is 1. The molecule has 3 N–H and O–H groups in total. The second-order valence-electron chi connectivity index (χ2n) is 4.54. The molecule has 98 valence electrons. The average Bonchev–Trinajstić information content (AvgIpc) is 2.35. The van der Waals surface area contributed by atoms with Crippen molar-refractivity contribution < 1.29 is 4.79 Å². The maximum absolute atomic E-state index is 11.9. The summed E-state index contributed by atoms with van der Waals surface area (Å²) in [6, 6.07) is 5.10. The molecule has 3 nitrogen and oxygen atoms in total. The van der Waals surface area contributed by atoms with Gasteiger partial charge in [0.15, 0.2) is 0 Å². The van der Waals surface area contributed by atoms with Crippen LogP contribution in [0.1, 0.15) is 19.3 Å². The van der Waals surface area contributed by atoms with E-state index in [1.807, 2.05) is 11.8 Å². The minimum Gasteiger partial charge on any atom is -0.397 e. The SMILES string of the molecule is Nc1ccc(Cl)cc1NC(=O)CC1CCSCC1. The van der Waals surface area contributed by atoms with E-state index in [1.165, 1.54) is 0 Å². The molecule has 0 spiro atoms. The standard InChI is InChI=1S/C13H17ClN2OS/c14-10-1-2-11(15)12(8-10)16-13(17)7-9-3-5-18-6-4-9/h1-2,8-9H,3-7,15H2,(H,16,17). The highest BCUT2D eigenvalue weighted by Gasteiger charge is 2.17. The predicted octanol–water partition coefficient (Wildman–Crippen LogP) is 3.39. The van der Waals surface area contributed by atoms with Gasteiger partial charge in [-0.2, -0.15) is 11.8 Å². The molecule has 5 heteroatoms. The summed E-state index contributed by atoms with van der Waals surface area (Å²) in [5, 5.41) is 3.42. The molecular formula is C13H17ClN2OS. The molecule has 0 unspecified atom stereocenters. The third-order valence-electron chi connectivity index (χ3n) is 3.10. The maximum Gasteiger partial charge on any atom is 0.224 e. The van der Waals surface area contributed by atoms with Gasteiger partial charge in [0, 0.05) is 11.4 Å². The summed E-state index contributed by atoms with van der Waals surface area (Å²) >= 11 is 7.85. The zero-order valence-electron chi connectivity index (χ0n) is 10.1. The number of halogens is 1. The molecule has 18 heavy (non-hydrogen) atoms. The fourth-order valence-corrected chi connectivity index (χ4v) is 3.43. The summed E-state index contributed by atoms with van der Waals surface area (Å²) in [4.78, 5) is 11.9. The molecule has 2 rings (SSSR count).